The molecule has 0 heterocycles. The van der Waals surface area contributed by atoms with Crippen LogP contribution in [0.1, 0.15) is 6.92 Å². The Kier molecular flexibility index (Phi) is 3.12. The fourth-order valence-electron chi connectivity index (χ4n) is 1.28. The third-order valence-corrected chi connectivity index (χ3v) is 3.70. The van der Waals surface area contributed by atoms with Crippen LogP contribution in [0.3, 0.4) is 0 Å². The minimum atomic E-state index is -4.56. The molecule has 3 N–H and O–H groups in total. The minimum Gasteiger partial charge on any atom is -0.282 e. The molecule has 90 valence electrons. The molecule has 0 spiro atoms. The number of halogens is 1. The van der Waals surface area contributed by atoms with Gasteiger partial charge in [-0.15, -0.1) is 0 Å². The first kappa shape index (κ1) is 13.1. The Morgan fingerprint density at radius 2 is 2.12 bits per heavy atom. The highest BCUT2D eigenvalue weighted by atomic mass is 35.5. The molecule has 0 saturated heterocycles. The van der Waals surface area contributed by atoms with Gasteiger partial charge in [0.1, 0.15) is 0 Å². The maximum Gasteiger partial charge on any atom is 0.313 e. The molecule has 0 saturated carbocycles. The number of hydrogen-bond acceptors (Lipinski definition) is 5. The molecule has 1 aliphatic carbocycles. The number of nitro groups is 1. The molecule has 9 heteroatoms. The molecule has 2 atom stereocenters. The minimum absolute atomic E-state index is 0.102. The van der Waals surface area contributed by atoms with Gasteiger partial charge in [-0.2, -0.15) is 8.42 Å². The van der Waals surface area contributed by atoms with E-state index in [1.165, 1.54) is 6.92 Å². The summed E-state index contributed by atoms with van der Waals surface area (Å²) in [4.78, 5) is 9.19. The smallest absolute Gasteiger partial charge is 0.282 e. The zero-order chi connectivity index (χ0) is 12.7. The summed E-state index contributed by atoms with van der Waals surface area (Å²) in [6.45, 7) is 1.39. The lowest BCUT2D eigenvalue weighted by Crippen LogP contribution is -2.46. The van der Waals surface area contributed by atoms with Crippen LogP contribution in [0, 0.1) is 16.0 Å². The highest BCUT2D eigenvalue weighted by Crippen LogP contribution is 2.34. The third kappa shape index (κ3) is 2.24. The lowest BCUT2D eigenvalue weighted by Gasteiger charge is -2.23. The second kappa shape index (κ2) is 3.81. The van der Waals surface area contributed by atoms with Crippen molar-refractivity contribution in [2.45, 2.75) is 12.6 Å². The Morgan fingerprint density at radius 3 is 2.50 bits per heavy atom. The van der Waals surface area contributed by atoms with E-state index in [0.29, 0.717) is 6.08 Å². The van der Waals surface area contributed by atoms with Gasteiger partial charge in [0.25, 0.3) is 10.1 Å². The lowest BCUT2D eigenvalue weighted by atomic mass is 9.98. The Morgan fingerprint density at radius 1 is 1.62 bits per heavy atom. The van der Waals surface area contributed by atoms with E-state index in [0.717, 1.165) is 6.08 Å². The second-order valence-corrected chi connectivity index (χ2v) is 5.28. The van der Waals surface area contributed by atoms with E-state index in [1.54, 1.807) is 0 Å². The predicted octanol–water partition coefficient (Wildman–Crippen LogP) is 0.462. The van der Waals surface area contributed by atoms with Crippen LogP contribution in [0.2, 0.25) is 0 Å². The maximum atomic E-state index is 11.0. The number of nitrogens with zero attached hydrogens (tertiary/aromatic N) is 1. The van der Waals surface area contributed by atoms with E-state index in [4.69, 9.17) is 21.9 Å². The van der Waals surface area contributed by atoms with Gasteiger partial charge in [0.05, 0.1) is 9.83 Å². The van der Waals surface area contributed by atoms with E-state index < -0.39 is 31.5 Å². The first-order valence-corrected chi connectivity index (χ1v) is 5.91. The average Bonchev–Trinajstić information content (AvgIpc) is 2.09. The van der Waals surface area contributed by atoms with Crippen molar-refractivity contribution in [1.82, 2.24) is 0 Å². The molecule has 16 heavy (non-hydrogen) atoms. The van der Waals surface area contributed by atoms with Crippen LogP contribution < -0.4 is 5.73 Å². The van der Waals surface area contributed by atoms with Gasteiger partial charge in [-0.1, -0.05) is 18.5 Å². The van der Waals surface area contributed by atoms with E-state index in [9.17, 15) is 18.5 Å². The van der Waals surface area contributed by atoms with Crippen molar-refractivity contribution in [2.24, 2.45) is 11.7 Å². The van der Waals surface area contributed by atoms with E-state index >= 15 is 0 Å². The summed E-state index contributed by atoms with van der Waals surface area (Å²) in [5.74, 6) is -0.853. The number of rotatable bonds is 2. The molecular formula is C7H9ClN2O5S. The molecule has 0 bridgehead atoms. The Labute approximate surface area is 96.5 Å². The molecule has 7 nitrogen and oxygen atoms in total. The van der Waals surface area contributed by atoms with Crippen molar-refractivity contribution in [2.75, 3.05) is 0 Å². The van der Waals surface area contributed by atoms with Crippen LogP contribution in [0.5, 0.6) is 0 Å². The Balaban J connectivity index is 3.41. The van der Waals surface area contributed by atoms with Crippen LogP contribution in [0.4, 0.5) is 0 Å². The predicted molar refractivity (Wildman–Crippen MR) is 56.6 cm³/mol. The molecule has 0 aromatic heterocycles. The van der Waals surface area contributed by atoms with Gasteiger partial charge >= 0.3 is 5.66 Å². The fraction of sp³-hybridized carbons (Fsp3) is 0.429. The van der Waals surface area contributed by atoms with Crippen LogP contribution in [0.15, 0.2) is 22.1 Å². The van der Waals surface area contributed by atoms with Crippen molar-refractivity contribution in [3.8, 4) is 0 Å². The van der Waals surface area contributed by atoms with Crippen LogP contribution in [-0.4, -0.2) is 23.6 Å². The molecule has 0 fully saturated rings. The number of nitrogens with two attached hydrogens (primary N) is 1. The zero-order valence-electron chi connectivity index (χ0n) is 8.12. The van der Waals surface area contributed by atoms with E-state index in [2.05, 4.69) is 0 Å². The number of hydrogen-bond donors (Lipinski definition) is 2. The summed E-state index contributed by atoms with van der Waals surface area (Å²) in [7, 11) is -4.56. The summed E-state index contributed by atoms with van der Waals surface area (Å²) >= 11 is 5.66. The highest BCUT2D eigenvalue weighted by Gasteiger charge is 2.42. The van der Waals surface area contributed by atoms with Crippen LogP contribution in [0.25, 0.3) is 0 Å². The van der Waals surface area contributed by atoms with Gasteiger partial charge in [-0.05, 0) is 0 Å². The molecule has 2 unspecified atom stereocenters. The third-order valence-electron chi connectivity index (χ3n) is 2.20. The first-order chi connectivity index (χ1) is 7.08. The summed E-state index contributed by atoms with van der Waals surface area (Å²) in [6.07, 6.45) is 1.62. The molecule has 0 aliphatic heterocycles. The maximum absolute atomic E-state index is 11.0. The van der Waals surface area contributed by atoms with Crippen molar-refractivity contribution >= 4 is 21.7 Å². The van der Waals surface area contributed by atoms with Crippen molar-refractivity contribution < 1.29 is 17.9 Å². The van der Waals surface area contributed by atoms with Crippen LogP contribution >= 0.6 is 11.6 Å². The zero-order valence-corrected chi connectivity index (χ0v) is 9.70. The standard InChI is InChI=1S/C7H9ClN2O5S/c1-4-5(8)2-7(9,10(11)12)3-6(4)16(13,14)15/h2-4H,9H2,1H3,(H,13,14,15). The monoisotopic (exact) mass is 268 g/mol. The quantitative estimate of drug-likeness (QED) is 0.324. The summed E-state index contributed by atoms with van der Waals surface area (Å²) in [6, 6.07) is 0. The molecular weight excluding hydrogens is 260 g/mol. The molecule has 0 aromatic carbocycles. The van der Waals surface area contributed by atoms with Crippen LogP contribution in [-0.2, 0) is 10.1 Å². The first-order valence-electron chi connectivity index (χ1n) is 4.10. The topological polar surface area (TPSA) is 124 Å². The molecule has 1 aliphatic rings. The number of allylic oxidation sites excluding steroid dienone is 2. The average molecular weight is 269 g/mol. The van der Waals surface area contributed by atoms with E-state index in [-0.39, 0.29) is 5.03 Å². The van der Waals surface area contributed by atoms with Gasteiger partial charge in [-0.3, -0.25) is 20.4 Å². The van der Waals surface area contributed by atoms with Crippen molar-refractivity contribution in [3.05, 3.63) is 32.2 Å². The van der Waals surface area contributed by atoms with Crippen molar-refractivity contribution in [1.29, 1.82) is 0 Å². The summed E-state index contributed by atoms with van der Waals surface area (Å²) in [5, 5.41) is 10.6. The Bertz CT molecular complexity index is 497. The highest BCUT2D eigenvalue weighted by molar-refractivity contribution is 7.89. The summed E-state index contributed by atoms with van der Waals surface area (Å²) in [5.41, 5.74) is 3.12. The normalized spacial score (nSPS) is 30.6. The Hall–Kier alpha value is -0.960. The largest absolute Gasteiger partial charge is 0.313 e. The van der Waals surface area contributed by atoms with Gasteiger partial charge in [0.2, 0.25) is 0 Å². The molecule has 0 radical (unpaired) electrons. The van der Waals surface area contributed by atoms with Gasteiger partial charge in [-0.25, -0.2) is 0 Å². The van der Waals surface area contributed by atoms with E-state index in [1.807, 2.05) is 0 Å². The van der Waals surface area contributed by atoms with Gasteiger partial charge in [0.15, 0.2) is 0 Å². The van der Waals surface area contributed by atoms with Gasteiger partial charge in [0, 0.05) is 23.1 Å². The molecule has 1 rings (SSSR count). The van der Waals surface area contributed by atoms with Crippen molar-refractivity contribution in [3.63, 3.8) is 0 Å². The second-order valence-electron chi connectivity index (χ2n) is 3.42. The molecule has 0 amide bonds. The fourth-order valence-corrected chi connectivity index (χ4v) is 2.55. The molecule has 0 aromatic rings. The van der Waals surface area contributed by atoms with Gasteiger partial charge < -0.3 is 0 Å². The lowest BCUT2D eigenvalue weighted by molar-refractivity contribution is -0.539. The summed E-state index contributed by atoms with van der Waals surface area (Å²) < 4.78 is 30.8. The SMILES string of the molecule is CC1C(Cl)=CC(N)([N+](=O)[O-])C=C1S(=O)(=O)O.